The second-order valence-corrected chi connectivity index (χ2v) is 6.69. The molecule has 1 N–H and O–H groups in total. The molecule has 2 rings (SSSR count). The Kier molecular flexibility index (Phi) is 7.06. The lowest BCUT2D eigenvalue weighted by molar-refractivity contribution is -0.132. The summed E-state index contributed by atoms with van der Waals surface area (Å²) < 4.78 is 0. The van der Waals surface area contributed by atoms with Crippen LogP contribution in [0.1, 0.15) is 43.2 Å². The summed E-state index contributed by atoms with van der Waals surface area (Å²) in [4.78, 5) is 16.7. The fraction of sp³-hybridized carbons (Fsp3) is 0.632. The van der Waals surface area contributed by atoms with Crippen LogP contribution in [0, 0.1) is 6.92 Å². The van der Waals surface area contributed by atoms with Crippen LogP contribution in [0.3, 0.4) is 0 Å². The van der Waals surface area contributed by atoms with E-state index in [0.717, 1.165) is 18.5 Å². The Labute approximate surface area is 140 Å². The molecular formula is C19H30N2O2. The zero-order valence-corrected chi connectivity index (χ0v) is 14.5. The molecule has 0 bridgehead atoms. The summed E-state index contributed by atoms with van der Waals surface area (Å²) >= 11 is 0. The van der Waals surface area contributed by atoms with E-state index < -0.39 is 0 Å². The molecule has 4 heteroatoms. The van der Waals surface area contributed by atoms with Gasteiger partial charge in [0.15, 0.2) is 0 Å². The number of aryl methyl sites for hydroxylation is 1. The highest BCUT2D eigenvalue weighted by molar-refractivity contribution is 5.76. The maximum absolute atomic E-state index is 12.6. The van der Waals surface area contributed by atoms with E-state index in [4.69, 9.17) is 0 Å². The third-order valence-electron chi connectivity index (χ3n) is 4.83. The Bertz CT molecular complexity index is 487. The molecule has 0 saturated carbocycles. The summed E-state index contributed by atoms with van der Waals surface area (Å²) in [6, 6.07) is 8.77. The number of benzene rings is 1. The standard InChI is InChI=1S/C19H30N2O2/c1-16-6-8-17(9-7-16)15-21(13-14-22)19(23)11-10-18-5-3-4-12-20(18)2/h6-9,18,22H,3-5,10-15H2,1-2H3/t18-/m0/s1. The zero-order valence-electron chi connectivity index (χ0n) is 14.5. The van der Waals surface area contributed by atoms with Gasteiger partial charge >= 0.3 is 0 Å². The molecular weight excluding hydrogens is 288 g/mol. The Morgan fingerprint density at radius 2 is 2.04 bits per heavy atom. The van der Waals surface area contributed by atoms with Gasteiger partial charge in [-0.3, -0.25) is 4.79 Å². The van der Waals surface area contributed by atoms with Crippen molar-refractivity contribution in [3.63, 3.8) is 0 Å². The second kappa shape index (κ2) is 9.04. The molecule has 4 nitrogen and oxygen atoms in total. The first-order valence-electron chi connectivity index (χ1n) is 8.74. The van der Waals surface area contributed by atoms with Crippen molar-refractivity contribution in [2.75, 3.05) is 26.7 Å². The van der Waals surface area contributed by atoms with Gasteiger partial charge in [0.25, 0.3) is 0 Å². The summed E-state index contributed by atoms with van der Waals surface area (Å²) in [6.07, 6.45) is 5.23. The van der Waals surface area contributed by atoms with Gasteiger partial charge in [-0.1, -0.05) is 36.2 Å². The molecule has 1 saturated heterocycles. The molecule has 0 aromatic heterocycles. The SMILES string of the molecule is Cc1ccc(CN(CCO)C(=O)CC[C@@H]2CCCCN2C)cc1. The second-order valence-electron chi connectivity index (χ2n) is 6.69. The van der Waals surface area contributed by atoms with Crippen LogP contribution in [0.5, 0.6) is 0 Å². The molecule has 1 heterocycles. The van der Waals surface area contributed by atoms with E-state index in [0.29, 0.717) is 25.6 Å². The first-order valence-corrected chi connectivity index (χ1v) is 8.74. The lowest BCUT2D eigenvalue weighted by atomic mass is 9.98. The van der Waals surface area contributed by atoms with Crippen molar-refractivity contribution in [1.29, 1.82) is 0 Å². The van der Waals surface area contributed by atoms with Crippen LogP contribution in [0.2, 0.25) is 0 Å². The van der Waals surface area contributed by atoms with Crippen LogP contribution in [0.15, 0.2) is 24.3 Å². The number of carbonyl (C=O) groups excluding carboxylic acids is 1. The Balaban J connectivity index is 1.88. The van der Waals surface area contributed by atoms with Gasteiger partial charge in [0, 0.05) is 25.6 Å². The molecule has 0 aliphatic carbocycles. The fourth-order valence-corrected chi connectivity index (χ4v) is 3.28. The molecule has 0 radical (unpaired) electrons. The minimum atomic E-state index is 0.0148. The quantitative estimate of drug-likeness (QED) is 0.840. The number of carbonyl (C=O) groups is 1. The molecule has 1 aliphatic rings. The van der Waals surface area contributed by atoms with Crippen LogP contribution < -0.4 is 0 Å². The number of hydrogen-bond acceptors (Lipinski definition) is 3. The Morgan fingerprint density at radius 3 is 2.70 bits per heavy atom. The summed E-state index contributed by atoms with van der Waals surface area (Å²) in [5.41, 5.74) is 2.33. The molecule has 1 aromatic rings. The van der Waals surface area contributed by atoms with E-state index in [-0.39, 0.29) is 12.5 Å². The monoisotopic (exact) mass is 318 g/mol. The van der Waals surface area contributed by atoms with Gasteiger partial charge in [-0.2, -0.15) is 0 Å². The van der Waals surface area contributed by atoms with Gasteiger partial charge in [-0.15, -0.1) is 0 Å². The molecule has 1 aliphatic heterocycles. The van der Waals surface area contributed by atoms with Gasteiger partial charge in [0.2, 0.25) is 5.91 Å². The van der Waals surface area contributed by atoms with Crippen molar-refractivity contribution in [3.8, 4) is 0 Å². The normalized spacial score (nSPS) is 18.8. The van der Waals surface area contributed by atoms with E-state index in [9.17, 15) is 9.90 Å². The van der Waals surface area contributed by atoms with Crippen LogP contribution in [-0.2, 0) is 11.3 Å². The predicted molar refractivity (Wildman–Crippen MR) is 93.2 cm³/mol. The summed E-state index contributed by atoms with van der Waals surface area (Å²) in [5.74, 6) is 0.151. The number of amides is 1. The van der Waals surface area contributed by atoms with Crippen LogP contribution in [0.4, 0.5) is 0 Å². The highest BCUT2D eigenvalue weighted by atomic mass is 16.3. The smallest absolute Gasteiger partial charge is 0.223 e. The minimum absolute atomic E-state index is 0.0148. The first-order chi connectivity index (χ1) is 11.1. The molecule has 0 spiro atoms. The summed E-state index contributed by atoms with van der Waals surface area (Å²) in [7, 11) is 2.16. The van der Waals surface area contributed by atoms with Crippen molar-refractivity contribution in [2.24, 2.45) is 0 Å². The number of aliphatic hydroxyl groups is 1. The molecule has 1 amide bonds. The van der Waals surface area contributed by atoms with E-state index in [1.165, 1.54) is 24.8 Å². The minimum Gasteiger partial charge on any atom is -0.395 e. The molecule has 1 aromatic carbocycles. The van der Waals surface area contributed by atoms with E-state index in [1.807, 2.05) is 0 Å². The Hall–Kier alpha value is -1.39. The van der Waals surface area contributed by atoms with Gasteiger partial charge < -0.3 is 14.9 Å². The van der Waals surface area contributed by atoms with Crippen LogP contribution in [-0.4, -0.2) is 53.6 Å². The molecule has 128 valence electrons. The van der Waals surface area contributed by atoms with Gasteiger partial charge in [0.1, 0.15) is 0 Å². The number of aliphatic hydroxyl groups excluding tert-OH is 1. The van der Waals surface area contributed by atoms with Crippen LogP contribution >= 0.6 is 0 Å². The fourth-order valence-electron chi connectivity index (χ4n) is 3.28. The number of hydrogen-bond donors (Lipinski definition) is 1. The average Bonchev–Trinajstić information content (AvgIpc) is 2.55. The Morgan fingerprint density at radius 1 is 1.30 bits per heavy atom. The van der Waals surface area contributed by atoms with Gasteiger partial charge in [-0.05, 0) is 45.3 Å². The zero-order chi connectivity index (χ0) is 16.7. The molecule has 23 heavy (non-hydrogen) atoms. The topological polar surface area (TPSA) is 43.8 Å². The van der Waals surface area contributed by atoms with Crippen molar-refractivity contribution in [1.82, 2.24) is 9.80 Å². The largest absolute Gasteiger partial charge is 0.395 e. The van der Waals surface area contributed by atoms with Crippen molar-refractivity contribution < 1.29 is 9.90 Å². The average molecular weight is 318 g/mol. The first kappa shape index (κ1) is 18.0. The summed E-state index contributed by atoms with van der Waals surface area (Å²) in [5, 5.41) is 9.26. The third-order valence-corrected chi connectivity index (χ3v) is 4.83. The third kappa shape index (κ3) is 5.63. The number of nitrogens with zero attached hydrogens (tertiary/aromatic N) is 2. The van der Waals surface area contributed by atoms with E-state index >= 15 is 0 Å². The highest BCUT2D eigenvalue weighted by Gasteiger charge is 2.21. The summed E-state index contributed by atoms with van der Waals surface area (Å²) in [6.45, 7) is 4.21. The molecule has 1 atom stereocenters. The number of rotatable bonds is 7. The lowest BCUT2D eigenvalue weighted by Crippen LogP contribution is -2.38. The van der Waals surface area contributed by atoms with Crippen molar-refractivity contribution in [3.05, 3.63) is 35.4 Å². The van der Waals surface area contributed by atoms with Crippen molar-refractivity contribution >= 4 is 5.91 Å². The van der Waals surface area contributed by atoms with Gasteiger partial charge in [-0.25, -0.2) is 0 Å². The molecule has 0 unspecified atom stereocenters. The maximum Gasteiger partial charge on any atom is 0.223 e. The molecule has 1 fully saturated rings. The lowest BCUT2D eigenvalue weighted by Gasteiger charge is -2.33. The number of piperidine rings is 1. The highest BCUT2D eigenvalue weighted by Crippen LogP contribution is 2.19. The van der Waals surface area contributed by atoms with Crippen LogP contribution in [0.25, 0.3) is 0 Å². The predicted octanol–water partition coefficient (Wildman–Crippen LogP) is 2.58. The van der Waals surface area contributed by atoms with E-state index in [1.54, 1.807) is 4.90 Å². The van der Waals surface area contributed by atoms with Crippen molar-refractivity contribution in [2.45, 2.75) is 51.6 Å². The number of likely N-dealkylation sites (tertiary alicyclic amines) is 1. The van der Waals surface area contributed by atoms with Gasteiger partial charge in [0.05, 0.1) is 6.61 Å². The maximum atomic E-state index is 12.6. The van der Waals surface area contributed by atoms with E-state index in [2.05, 4.69) is 43.1 Å².